The quantitative estimate of drug-likeness (QED) is 0.349. The molecule has 33 heavy (non-hydrogen) atoms. The molecule has 176 valence electrons. The molecule has 3 heterocycles. The van der Waals surface area contributed by atoms with Crippen LogP contribution in [0.3, 0.4) is 0 Å². The summed E-state index contributed by atoms with van der Waals surface area (Å²) in [7, 11) is 0. The van der Waals surface area contributed by atoms with Crippen LogP contribution in [0.2, 0.25) is 10.2 Å². The average molecular weight is 509 g/mol. The molecule has 2 fully saturated rings. The third-order valence-electron chi connectivity index (χ3n) is 5.86. The molecular weight excluding hydrogens is 483 g/mol. The Morgan fingerprint density at radius 1 is 0.909 bits per heavy atom. The van der Waals surface area contributed by atoms with E-state index in [4.69, 9.17) is 23.2 Å². The molecule has 4 rings (SSSR count). The first-order valence-electron chi connectivity index (χ1n) is 10.9. The average Bonchev–Trinajstić information content (AvgIpc) is 2.83. The summed E-state index contributed by atoms with van der Waals surface area (Å²) >= 11 is 13.9. The molecule has 0 radical (unpaired) electrons. The van der Waals surface area contributed by atoms with E-state index in [1.165, 1.54) is 11.8 Å². The van der Waals surface area contributed by atoms with E-state index in [9.17, 15) is 9.59 Å². The molecule has 0 spiro atoms. The molecule has 8 nitrogen and oxygen atoms in total. The van der Waals surface area contributed by atoms with Gasteiger partial charge in [0.25, 0.3) is 0 Å². The summed E-state index contributed by atoms with van der Waals surface area (Å²) in [4.78, 5) is 41.0. The first-order valence-corrected chi connectivity index (χ1v) is 12.6. The Morgan fingerprint density at radius 2 is 1.55 bits per heavy atom. The Balaban J connectivity index is 1.32. The van der Waals surface area contributed by atoms with E-state index in [0.29, 0.717) is 36.5 Å². The number of carbonyl (C=O) groups is 2. The maximum atomic E-state index is 12.6. The van der Waals surface area contributed by atoms with Crippen molar-refractivity contribution < 1.29 is 9.59 Å². The number of halogens is 2. The number of hydrogen-bond donors (Lipinski definition) is 0. The van der Waals surface area contributed by atoms with E-state index >= 15 is 0 Å². The summed E-state index contributed by atoms with van der Waals surface area (Å²) in [5.74, 6) is 1.06. The number of hydrogen-bond acceptors (Lipinski definition) is 7. The van der Waals surface area contributed by atoms with Crippen LogP contribution in [0.15, 0.2) is 35.5 Å². The fourth-order valence-electron chi connectivity index (χ4n) is 3.98. The van der Waals surface area contributed by atoms with Crippen LogP contribution in [0, 0.1) is 0 Å². The van der Waals surface area contributed by atoms with E-state index in [1.807, 2.05) is 24.3 Å². The van der Waals surface area contributed by atoms with E-state index in [-0.39, 0.29) is 17.6 Å². The molecule has 1 aromatic heterocycles. The highest BCUT2D eigenvalue weighted by Crippen LogP contribution is 2.28. The SMILES string of the molecule is CC(=O)N1CCN(C(=O)CSc2nc(Cl)cc(N3CCN(c4ccccc4Cl)CC3)n2)CC1. The normalized spacial score (nSPS) is 16.8. The van der Waals surface area contributed by atoms with Gasteiger partial charge in [-0.3, -0.25) is 9.59 Å². The number of amides is 2. The van der Waals surface area contributed by atoms with E-state index in [2.05, 4.69) is 19.8 Å². The number of benzene rings is 1. The molecular formula is C22H26Cl2N6O2S. The number of aromatic nitrogens is 2. The van der Waals surface area contributed by atoms with E-state index < -0.39 is 0 Å². The minimum absolute atomic E-state index is 0.0154. The van der Waals surface area contributed by atoms with Gasteiger partial charge in [-0.15, -0.1) is 0 Å². The van der Waals surface area contributed by atoms with Crippen molar-refractivity contribution in [1.29, 1.82) is 0 Å². The number of nitrogens with zero attached hydrogens (tertiary/aromatic N) is 6. The summed E-state index contributed by atoms with van der Waals surface area (Å²) in [6, 6.07) is 9.62. The summed E-state index contributed by atoms with van der Waals surface area (Å²) < 4.78 is 0. The second kappa shape index (κ2) is 10.8. The van der Waals surface area contributed by atoms with Crippen LogP contribution < -0.4 is 9.80 Å². The maximum absolute atomic E-state index is 12.6. The van der Waals surface area contributed by atoms with Gasteiger partial charge in [-0.1, -0.05) is 47.1 Å². The Labute approximate surface area is 207 Å². The first kappa shape index (κ1) is 23.9. The van der Waals surface area contributed by atoms with Crippen LogP contribution in [-0.4, -0.2) is 89.7 Å². The van der Waals surface area contributed by atoms with Crippen molar-refractivity contribution in [2.24, 2.45) is 0 Å². The van der Waals surface area contributed by atoms with Gasteiger partial charge in [-0.25, -0.2) is 9.97 Å². The van der Waals surface area contributed by atoms with Crippen LogP contribution in [0.25, 0.3) is 0 Å². The summed E-state index contributed by atoms with van der Waals surface area (Å²) in [5.41, 5.74) is 1.04. The lowest BCUT2D eigenvalue weighted by Crippen LogP contribution is -2.50. The van der Waals surface area contributed by atoms with Crippen molar-refractivity contribution in [3.05, 3.63) is 40.5 Å². The smallest absolute Gasteiger partial charge is 0.233 e. The number of rotatable bonds is 5. The Kier molecular flexibility index (Phi) is 7.82. The molecule has 2 aromatic rings. The molecule has 2 amide bonds. The highest BCUT2D eigenvalue weighted by molar-refractivity contribution is 7.99. The van der Waals surface area contributed by atoms with Crippen molar-refractivity contribution in [2.75, 3.05) is 67.9 Å². The minimum Gasteiger partial charge on any atom is -0.367 e. The molecule has 0 bridgehead atoms. The Hall–Kier alpha value is -2.23. The highest BCUT2D eigenvalue weighted by atomic mass is 35.5. The van der Waals surface area contributed by atoms with Gasteiger partial charge in [-0.05, 0) is 12.1 Å². The summed E-state index contributed by atoms with van der Waals surface area (Å²) in [5, 5.41) is 1.60. The second-order valence-electron chi connectivity index (χ2n) is 7.93. The van der Waals surface area contributed by atoms with Crippen LogP contribution in [0.4, 0.5) is 11.5 Å². The zero-order chi connectivity index (χ0) is 23.4. The molecule has 2 aliphatic heterocycles. The van der Waals surface area contributed by atoms with Crippen LogP contribution >= 0.6 is 35.0 Å². The minimum atomic E-state index is 0.0154. The number of carbonyl (C=O) groups excluding carboxylic acids is 2. The summed E-state index contributed by atoms with van der Waals surface area (Å²) in [6.45, 7) is 7.00. The fourth-order valence-corrected chi connectivity index (χ4v) is 5.22. The van der Waals surface area contributed by atoms with Gasteiger partial charge in [0, 0.05) is 65.3 Å². The van der Waals surface area contributed by atoms with Crippen molar-refractivity contribution in [3.63, 3.8) is 0 Å². The molecule has 0 saturated carbocycles. The highest BCUT2D eigenvalue weighted by Gasteiger charge is 2.24. The molecule has 11 heteroatoms. The third kappa shape index (κ3) is 6.02. The topological polar surface area (TPSA) is 72.9 Å². The maximum Gasteiger partial charge on any atom is 0.233 e. The predicted molar refractivity (Wildman–Crippen MR) is 132 cm³/mol. The van der Waals surface area contributed by atoms with Crippen LogP contribution in [-0.2, 0) is 9.59 Å². The van der Waals surface area contributed by atoms with Gasteiger partial charge in [0.1, 0.15) is 11.0 Å². The zero-order valence-electron chi connectivity index (χ0n) is 18.4. The van der Waals surface area contributed by atoms with Gasteiger partial charge >= 0.3 is 0 Å². The standard InChI is InChI=1S/C22H26Cl2N6O2S/c1-16(31)27-6-12-30(13-7-27)21(32)15-33-22-25-19(24)14-20(26-22)29-10-8-28(9-11-29)18-5-3-2-4-17(18)23/h2-5,14H,6-13,15H2,1H3. The van der Waals surface area contributed by atoms with Crippen molar-refractivity contribution >= 4 is 58.3 Å². The Bertz CT molecular complexity index is 1010. The predicted octanol–water partition coefficient (Wildman–Crippen LogP) is 2.89. The van der Waals surface area contributed by atoms with Gasteiger partial charge < -0.3 is 19.6 Å². The lowest BCUT2D eigenvalue weighted by molar-refractivity contribution is -0.136. The monoisotopic (exact) mass is 508 g/mol. The van der Waals surface area contributed by atoms with Crippen LogP contribution in [0.5, 0.6) is 0 Å². The Morgan fingerprint density at radius 3 is 2.21 bits per heavy atom. The molecule has 1 aromatic carbocycles. The third-order valence-corrected chi connectivity index (χ3v) is 7.21. The van der Waals surface area contributed by atoms with Crippen LogP contribution in [0.1, 0.15) is 6.92 Å². The molecule has 2 aliphatic rings. The lowest BCUT2D eigenvalue weighted by Gasteiger charge is -2.37. The van der Waals surface area contributed by atoms with E-state index in [0.717, 1.165) is 42.7 Å². The number of anilines is 2. The second-order valence-corrected chi connectivity index (χ2v) is 9.67. The molecule has 0 atom stereocenters. The molecule has 0 aliphatic carbocycles. The fraction of sp³-hybridized carbons (Fsp3) is 0.455. The van der Waals surface area contributed by atoms with Crippen molar-refractivity contribution in [1.82, 2.24) is 19.8 Å². The van der Waals surface area contributed by atoms with Gasteiger partial charge in [0.2, 0.25) is 11.8 Å². The molecule has 0 N–H and O–H groups in total. The summed E-state index contributed by atoms with van der Waals surface area (Å²) in [6.07, 6.45) is 0. The number of para-hydroxylation sites is 1. The van der Waals surface area contributed by atoms with Gasteiger partial charge in [-0.2, -0.15) is 0 Å². The number of thioether (sulfide) groups is 1. The zero-order valence-corrected chi connectivity index (χ0v) is 20.7. The molecule has 0 unspecified atom stereocenters. The van der Waals surface area contributed by atoms with Gasteiger partial charge in [0.15, 0.2) is 5.16 Å². The van der Waals surface area contributed by atoms with E-state index in [1.54, 1.807) is 22.8 Å². The lowest BCUT2D eigenvalue weighted by atomic mass is 10.2. The molecule has 2 saturated heterocycles. The van der Waals surface area contributed by atoms with Gasteiger partial charge in [0.05, 0.1) is 16.5 Å². The number of piperazine rings is 2. The first-order chi connectivity index (χ1) is 15.9. The van der Waals surface area contributed by atoms with Crippen molar-refractivity contribution in [3.8, 4) is 0 Å². The van der Waals surface area contributed by atoms with Crippen molar-refractivity contribution in [2.45, 2.75) is 12.1 Å². The largest absolute Gasteiger partial charge is 0.367 e.